The first-order valence-corrected chi connectivity index (χ1v) is 9.59. The predicted molar refractivity (Wildman–Crippen MR) is 101 cm³/mol. The van der Waals surface area contributed by atoms with E-state index in [4.69, 9.17) is 10.1 Å². The Morgan fingerprint density at radius 1 is 1.44 bits per heavy atom. The number of nitrogens with one attached hydrogen (secondary N) is 3. The summed E-state index contributed by atoms with van der Waals surface area (Å²) in [5.74, 6) is -0.205. The van der Waals surface area contributed by atoms with Gasteiger partial charge >= 0.3 is 12.2 Å². The average molecular weight is 401 g/mol. The molecule has 9 heteroatoms. The fraction of sp³-hybridized carbons (Fsp3) is 0.444. The van der Waals surface area contributed by atoms with Gasteiger partial charge in [0.25, 0.3) is 0 Å². The van der Waals surface area contributed by atoms with Crippen LogP contribution in [0.1, 0.15) is 19.3 Å². The Morgan fingerprint density at radius 3 is 2.78 bits per heavy atom. The maximum Gasteiger partial charge on any atom is 0.419 e. The van der Waals surface area contributed by atoms with Crippen molar-refractivity contribution in [2.45, 2.75) is 25.4 Å². The van der Waals surface area contributed by atoms with Crippen LogP contribution in [0.5, 0.6) is 0 Å². The van der Waals surface area contributed by atoms with Crippen molar-refractivity contribution in [1.82, 2.24) is 10.6 Å². The molecule has 5 nitrogen and oxygen atoms in total. The van der Waals surface area contributed by atoms with Gasteiger partial charge in [-0.1, -0.05) is 12.2 Å². The maximum absolute atomic E-state index is 13.4. The summed E-state index contributed by atoms with van der Waals surface area (Å²) in [6, 6.07) is -0.560. The van der Waals surface area contributed by atoms with Crippen molar-refractivity contribution in [3.8, 4) is 0 Å². The number of ether oxygens (including phenoxy) is 1. The predicted octanol–water partition coefficient (Wildman–Crippen LogP) is 4.27. The highest BCUT2D eigenvalue weighted by Gasteiger charge is 2.38. The number of carbonyl (C=O) groups is 1. The monoisotopic (exact) mass is 401 g/mol. The second-order valence-corrected chi connectivity index (χ2v) is 6.93. The summed E-state index contributed by atoms with van der Waals surface area (Å²) in [4.78, 5) is 12.3. The molecule has 2 rings (SSSR count). The summed E-state index contributed by atoms with van der Waals surface area (Å²) in [5.41, 5.74) is 0.182. The second kappa shape index (κ2) is 9.16. The molecule has 0 saturated carbocycles. The molecule has 0 aliphatic heterocycles. The van der Waals surface area contributed by atoms with Crippen LogP contribution in [0.3, 0.4) is 0 Å². The summed E-state index contributed by atoms with van der Waals surface area (Å²) < 4.78 is 45.7. The Labute approximate surface area is 160 Å². The molecule has 2 amide bonds. The minimum Gasteiger partial charge on any atom is -0.497 e. The molecule has 27 heavy (non-hydrogen) atoms. The molecule has 0 fully saturated rings. The highest BCUT2D eigenvalue weighted by atomic mass is 32.2. The molecule has 3 N–H and O–H groups in total. The molecule has 0 aromatic carbocycles. The zero-order valence-corrected chi connectivity index (χ0v) is 15.9. The van der Waals surface area contributed by atoms with E-state index in [-0.39, 0.29) is 36.8 Å². The van der Waals surface area contributed by atoms with Gasteiger partial charge in [0.05, 0.1) is 12.2 Å². The number of thioether (sulfide) groups is 1. The Bertz CT molecular complexity index is 724. The van der Waals surface area contributed by atoms with Crippen molar-refractivity contribution in [2.75, 3.05) is 19.9 Å². The van der Waals surface area contributed by atoms with Crippen molar-refractivity contribution >= 4 is 24.0 Å². The molecule has 2 aliphatic rings. The smallest absolute Gasteiger partial charge is 0.419 e. The van der Waals surface area contributed by atoms with Gasteiger partial charge in [-0.05, 0) is 30.7 Å². The highest BCUT2D eigenvalue weighted by molar-refractivity contribution is 8.02. The van der Waals surface area contributed by atoms with Crippen LogP contribution in [-0.4, -0.2) is 38.3 Å². The Hall–Kier alpha value is -2.16. The number of rotatable bonds is 6. The largest absolute Gasteiger partial charge is 0.497 e. The van der Waals surface area contributed by atoms with E-state index in [0.29, 0.717) is 6.42 Å². The van der Waals surface area contributed by atoms with Crippen molar-refractivity contribution in [2.24, 2.45) is 5.92 Å². The number of amides is 2. The molecule has 0 spiro atoms. The van der Waals surface area contributed by atoms with Crippen molar-refractivity contribution in [3.05, 3.63) is 45.7 Å². The van der Waals surface area contributed by atoms with Crippen LogP contribution in [-0.2, 0) is 4.74 Å². The first kappa shape index (κ1) is 21.1. The van der Waals surface area contributed by atoms with Crippen molar-refractivity contribution < 1.29 is 22.7 Å². The van der Waals surface area contributed by atoms with Crippen LogP contribution >= 0.6 is 11.8 Å². The van der Waals surface area contributed by atoms with Crippen LogP contribution in [0.2, 0.25) is 0 Å². The number of carbonyl (C=O) groups excluding carboxylic acids is 1. The van der Waals surface area contributed by atoms with Crippen LogP contribution < -0.4 is 10.6 Å². The minimum absolute atomic E-state index is 0.0600. The number of halogens is 3. The van der Waals surface area contributed by atoms with Gasteiger partial charge in [0.1, 0.15) is 5.76 Å². The Morgan fingerprint density at radius 2 is 2.19 bits per heavy atom. The lowest BCUT2D eigenvalue weighted by Gasteiger charge is -2.25. The standard InChI is InChI=1S/C18H22F3N3O2S/c1-23-17(25)24-13-4-5-15(14(8-13)18(19,20)21)26-10-11-3-6-16(27-2)12(7-11)9-22/h3,6,8-9,11,22H,4-5,7,10H2,1-2H3,(H2,23,24,25). The molecule has 0 radical (unpaired) electrons. The van der Waals surface area contributed by atoms with E-state index in [1.807, 2.05) is 18.4 Å². The van der Waals surface area contributed by atoms with E-state index in [2.05, 4.69) is 10.6 Å². The molecule has 1 atom stereocenters. The van der Waals surface area contributed by atoms with Gasteiger partial charge in [0.2, 0.25) is 0 Å². The topological polar surface area (TPSA) is 74.2 Å². The molecule has 1 unspecified atom stereocenters. The summed E-state index contributed by atoms with van der Waals surface area (Å²) >= 11 is 1.53. The number of allylic oxidation sites excluding steroid dienone is 6. The molecule has 2 aliphatic carbocycles. The molecule has 0 saturated heterocycles. The molecule has 0 aromatic heterocycles. The first-order valence-electron chi connectivity index (χ1n) is 8.36. The zero-order chi connectivity index (χ0) is 20.0. The van der Waals surface area contributed by atoms with Gasteiger partial charge in [-0.15, -0.1) is 11.8 Å². The Kier molecular flexibility index (Phi) is 7.18. The third-order valence-corrected chi connectivity index (χ3v) is 5.07. The summed E-state index contributed by atoms with van der Waals surface area (Å²) in [7, 11) is 1.39. The third-order valence-electron chi connectivity index (χ3n) is 4.23. The normalized spacial score (nSPS) is 20.3. The zero-order valence-electron chi connectivity index (χ0n) is 15.1. The van der Waals surface area contributed by atoms with Crippen molar-refractivity contribution in [3.63, 3.8) is 0 Å². The molecular formula is C18H22F3N3O2S. The molecule has 0 aromatic rings. The van der Waals surface area contributed by atoms with E-state index in [9.17, 15) is 18.0 Å². The fourth-order valence-electron chi connectivity index (χ4n) is 2.84. The summed E-state index contributed by atoms with van der Waals surface area (Å²) in [5, 5.41) is 12.2. The second-order valence-electron chi connectivity index (χ2n) is 6.08. The summed E-state index contributed by atoms with van der Waals surface area (Å²) in [6.07, 6.45) is 4.22. The number of alkyl halides is 3. The lowest BCUT2D eigenvalue weighted by Crippen LogP contribution is -2.33. The van der Waals surface area contributed by atoms with Crippen LogP contribution in [0, 0.1) is 11.3 Å². The quantitative estimate of drug-likeness (QED) is 0.582. The van der Waals surface area contributed by atoms with Crippen LogP contribution in [0.15, 0.2) is 45.7 Å². The van der Waals surface area contributed by atoms with Gasteiger partial charge in [-0.3, -0.25) is 0 Å². The van der Waals surface area contributed by atoms with E-state index in [0.717, 1.165) is 16.6 Å². The molecule has 0 bridgehead atoms. The summed E-state index contributed by atoms with van der Waals surface area (Å²) in [6.45, 7) is 0.108. The van der Waals surface area contributed by atoms with E-state index in [1.54, 1.807) is 0 Å². The van der Waals surface area contributed by atoms with Gasteiger partial charge in [0, 0.05) is 36.2 Å². The van der Waals surface area contributed by atoms with E-state index < -0.39 is 17.8 Å². The molecular weight excluding hydrogens is 379 g/mol. The van der Waals surface area contributed by atoms with Crippen LogP contribution in [0.25, 0.3) is 0 Å². The van der Waals surface area contributed by atoms with E-state index in [1.165, 1.54) is 25.0 Å². The molecule has 148 valence electrons. The lowest BCUT2D eigenvalue weighted by molar-refractivity contribution is -0.0927. The van der Waals surface area contributed by atoms with Gasteiger partial charge in [-0.25, -0.2) is 4.79 Å². The van der Waals surface area contributed by atoms with Crippen LogP contribution in [0.4, 0.5) is 18.0 Å². The third kappa shape index (κ3) is 5.66. The highest BCUT2D eigenvalue weighted by Crippen LogP contribution is 2.36. The SMILES string of the molecule is CNC(=O)NC1=CC(C(F)(F)F)=C(OCC2C=CC(SC)=C(C=N)C2)CC1. The number of hydrogen-bond acceptors (Lipinski definition) is 4. The Balaban J connectivity index is 2.11. The van der Waals surface area contributed by atoms with Gasteiger partial charge in [-0.2, -0.15) is 13.2 Å². The maximum atomic E-state index is 13.4. The minimum atomic E-state index is -4.57. The van der Waals surface area contributed by atoms with Gasteiger partial charge < -0.3 is 20.8 Å². The molecule has 0 heterocycles. The first-order chi connectivity index (χ1) is 12.8. The number of urea groups is 1. The van der Waals surface area contributed by atoms with Gasteiger partial charge in [0.15, 0.2) is 0 Å². The average Bonchev–Trinajstić information content (AvgIpc) is 2.65. The fourth-order valence-corrected chi connectivity index (χ4v) is 3.46. The number of hydrogen-bond donors (Lipinski definition) is 3. The van der Waals surface area contributed by atoms with Crippen molar-refractivity contribution in [1.29, 1.82) is 5.41 Å². The lowest BCUT2D eigenvalue weighted by atomic mass is 9.95. The van der Waals surface area contributed by atoms with E-state index >= 15 is 0 Å².